The van der Waals surface area contributed by atoms with Gasteiger partial charge in [0.1, 0.15) is 0 Å². The molecule has 0 N–H and O–H groups in total. The Hall–Kier alpha value is -2.15. The van der Waals surface area contributed by atoms with E-state index in [4.69, 9.17) is 0 Å². The summed E-state index contributed by atoms with van der Waals surface area (Å²) in [6.07, 6.45) is 0.968. The van der Waals surface area contributed by atoms with Gasteiger partial charge in [0.15, 0.2) is 9.84 Å². The molecule has 3 rings (SSSR count). The minimum absolute atomic E-state index is 0.0539. The molecule has 1 amide bonds. The van der Waals surface area contributed by atoms with Gasteiger partial charge in [-0.05, 0) is 50.8 Å². The molecule has 1 aliphatic rings. The van der Waals surface area contributed by atoms with E-state index >= 15 is 0 Å². The number of likely N-dealkylation sites (N-methyl/N-ethyl adjacent to an activating group) is 1. The van der Waals surface area contributed by atoms with Crippen molar-refractivity contribution in [3.8, 4) is 0 Å². The summed E-state index contributed by atoms with van der Waals surface area (Å²) in [4.78, 5) is 14.4. The van der Waals surface area contributed by atoms with Crippen LogP contribution in [-0.4, -0.2) is 47.6 Å². The lowest BCUT2D eigenvalue weighted by Crippen LogP contribution is -2.28. The molecule has 6 nitrogen and oxygen atoms in total. The smallest absolute Gasteiger partial charge is 0.227 e. The van der Waals surface area contributed by atoms with Gasteiger partial charge in [0.2, 0.25) is 5.91 Å². The number of carbonyl (C=O) groups excluding carboxylic acids is 1. The molecule has 1 aliphatic heterocycles. The van der Waals surface area contributed by atoms with E-state index in [1.165, 1.54) is 11.1 Å². The number of rotatable bonds is 5. The fourth-order valence-electron chi connectivity index (χ4n) is 3.80. The van der Waals surface area contributed by atoms with Crippen LogP contribution in [0.3, 0.4) is 0 Å². The standard InChI is InChI=1S/C21H29N3O3S/c1-14-6-7-18(10-15(14)2)11-21(25)23(5)12-20-16(3)22-24(17(20)4)19-8-9-28(26,27)13-19/h6-7,10,19H,8-9,11-13H2,1-5H3/t19-/m1/s1. The average Bonchev–Trinajstić information content (AvgIpc) is 3.11. The molecule has 1 atom stereocenters. The molecule has 28 heavy (non-hydrogen) atoms. The molecular formula is C21H29N3O3S. The summed E-state index contributed by atoms with van der Waals surface area (Å²) in [7, 11) is -1.16. The van der Waals surface area contributed by atoms with Crippen molar-refractivity contribution in [2.24, 2.45) is 0 Å². The van der Waals surface area contributed by atoms with Crippen molar-refractivity contribution >= 4 is 15.7 Å². The molecule has 1 saturated heterocycles. The van der Waals surface area contributed by atoms with E-state index in [1.54, 1.807) is 11.9 Å². The molecule has 7 heteroatoms. The molecule has 0 spiro atoms. The predicted molar refractivity (Wildman–Crippen MR) is 110 cm³/mol. The van der Waals surface area contributed by atoms with Crippen LogP contribution in [0.2, 0.25) is 0 Å². The van der Waals surface area contributed by atoms with Crippen LogP contribution in [0.4, 0.5) is 0 Å². The molecule has 2 aromatic rings. The highest BCUT2D eigenvalue weighted by Gasteiger charge is 2.31. The minimum atomic E-state index is -2.97. The number of nitrogens with zero attached hydrogens (tertiary/aromatic N) is 3. The van der Waals surface area contributed by atoms with E-state index in [0.717, 1.165) is 22.5 Å². The third-order valence-electron chi connectivity index (χ3n) is 5.78. The molecule has 0 saturated carbocycles. The Bertz CT molecular complexity index is 1010. The zero-order valence-electron chi connectivity index (χ0n) is 17.3. The predicted octanol–water partition coefficient (Wildman–Crippen LogP) is 2.68. The summed E-state index contributed by atoms with van der Waals surface area (Å²) in [5, 5.41) is 4.59. The molecule has 1 aromatic heterocycles. The van der Waals surface area contributed by atoms with Crippen molar-refractivity contribution in [1.82, 2.24) is 14.7 Å². The lowest BCUT2D eigenvalue weighted by molar-refractivity contribution is -0.129. The van der Waals surface area contributed by atoms with Crippen molar-refractivity contribution in [3.63, 3.8) is 0 Å². The van der Waals surface area contributed by atoms with Crippen molar-refractivity contribution in [1.29, 1.82) is 0 Å². The lowest BCUT2D eigenvalue weighted by Gasteiger charge is -2.18. The van der Waals surface area contributed by atoms with E-state index in [0.29, 0.717) is 19.4 Å². The molecule has 0 unspecified atom stereocenters. The van der Waals surface area contributed by atoms with Gasteiger partial charge in [-0.25, -0.2) is 8.42 Å². The van der Waals surface area contributed by atoms with Crippen molar-refractivity contribution in [3.05, 3.63) is 51.8 Å². The molecule has 0 radical (unpaired) electrons. The van der Waals surface area contributed by atoms with Crippen LogP contribution in [0.1, 0.15) is 46.1 Å². The molecule has 1 aromatic carbocycles. The van der Waals surface area contributed by atoms with Gasteiger partial charge in [0, 0.05) is 24.8 Å². The van der Waals surface area contributed by atoms with Gasteiger partial charge in [0.05, 0.1) is 29.7 Å². The quantitative estimate of drug-likeness (QED) is 0.769. The van der Waals surface area contributed by atoms with Gasteiger partial charge in [-0.1, -0.05) is 18.2 Å². The Morgan fingerprint density at radius 2 is 1.93 bits per heavy atom. The lowest BCUT2D eigenvalue weighted by atomic mass is 10.0. The van der Waals surface area contributed by atoms with Crippen LogP contribution in [0, 0.1) is 27.7 Å². The van der Waals surface area contributed by atoms with Crippen LogP contribution in [-0.2, 0) is 27.6 Å². The second-order valence-electron chi connectivity index (χ2n) is 8.00. The first kappa shape index (κ1) is 20.6. The van der Waals surface area contributed by atoms with Gasteiger partial charge in [0.25, 0.3) is 0 Å². The molecule has 1 fully saturated rings. The van der Waals surface area contributed by atoms with Gasteiger partial charge in [-0.2, -0.15) is 5.10 Å². The summed E-state index contributed by atoms with van der Waals surface area (Å²) in [5.41, 5.74) is 6.23. The minimum Gasteiger partial charge on any atom is -0.341 e. The van der Waals surface area contributed by atoms with E-state index < -0.39 is 9.84 Å². The Morgan fingerprint density at radius 1 is 1.21 bits per heavy atom. The third kappa shape index (κ3) is 4.29. The van der Waals surface area contributed by atoms with Gasteiger partial charge in [-0.15, -0.1) is 0 Å². The maximum Gasteiger partial charge on any atom is 0.227 e. The van der Waals surface area contributed by atoms with E-state index in [2.05, 4.69) is 25.0 Å². The summed E-state index contributed by atoms with van der Waals surface area (Å²) >= 11 is 0. The maximum absolute atomic E-state index is 12.7. The van der Waals surface area contributed by atoms with Gasteiger partial charge >= 0.3 is 0 Å². The molecular weight excluding hydrogens is 374 g/mol. The number of aromatic nitrogens is 2. The van der Waals surface area contributed by atoms with Gasteiger partial charge < -0.3 is 4.90 Å². The molecule has 152 valence electrons. The fraction of sp³-hybridized carbons (Fsp3) is 0.524. The van der Waals surface area contributed by atoms with Crippen molar-refractivity contribution in [2.45, 2.75) is 53.1 Å². The van der Waals surface area contributed by atoms with Crippen LogP contribution in [0.25, 0.3) is 0 Å². The normalized spacial score (nSPS) is 18.4. The van der Waals surface area contributed by atoms with Crippen molar-refractivity contribution < 1.29 is 13.2 Å². The highest BCUT2D eigenvalue weighted by molar-refractivity contribution is 7.91. The third-order valence-corrected chi connectivity index (χ3v) is 7.53. The Kier molecular flexibility index (Phi) is 5.66. The Balaban J connectivity index is 1.72. The largest absolute Gasteiger partial charge is 0.341 e. The molecule has 0 aliphatic carbocycles. The van der Waals surface area contributed by atoms with E-state index in [1.807, 2.05) is 30.7 Å². The van der Waals surface area contributed by atoms with Crippen LogP contribution >= 0.6 is 0 Å². The fourth-order valence-corrected chi connectivity index (χ4v) is 5.49. The highest BCUT2D eigenvalue weighted by Crippen LogP contribution is 2.27. The summed E-state index contributed by atoms with van der Waals surface area (Å²) in [6, 6.07) is 6.01. The number of aryl methyl sites for hydroxylation is 3. The monoisotopic (exact) mass is 403 g/mol. The first-order valence-electron chi connectivity index (χ1n) is 9.62. The average molecular weight is 404 g/mol. The maximum atomic E-state index is 12.7. The molecule has 2 heterocycles. The number of carbonyl (C=O) groups is 1. The summed E-state index contributed by atoms with van der Waals surface area (Å²) < 4.78 is 25.5. The number of amides is 1. The highest BCUT2D eigenvalue weighted by atomic mass is 32.2. The van der Waals surface area contributed by atoms with Crippen LogP contribution < -0.4 is 0 Å². The van der Waals surface area contributed by atoms with Crippen molar-refractivity contribution in [2.75, 3.05) is 18.6 Å². The molecule has 0 bridgehead atoms. The number of hydrogen-bond donors (Lipinski definition) is 0. The first-order chi connectivity index (χ1) is 13.1. The number of sulfone groups is 1. The number of hydrogen-bond acceptors (Lipinski definition) is 4. The zero-order valence-corrected chi connectivity index (χ0v) is 18.1. The van der Waals surface area contributed by atoms with E-state index in [-0.39, 0.29) is 23.5 Å². The summed E-state index contributed by atoms with van der Waals surface area (Å²) in [6.45, 7) is 8.47. The van der Waals surface area contributed by atoms with Crippen LogP contribution in [0.15, 0.2) is 18.2 Å². The van der Waals surface area contributed by atoms with Gasteiger partial charge in [-0.3, -0.25) is 9.48 Å². The van der Waals surface area contributed by atoms with E-state index in [9.17, 15) is 13.2 Å². The zero-order chi connectivity index (χ0) is 20.6. The number of benzene rings is 1. The first-order valence-corrected chi connectivity index (χ1v) is 11.4. The Labute approximate surface area is 167 Å². The van der Waals surface area contributed by atoms with Crippen LogP contribution in [0.5, 0.6) is 0 Å². The summed E-state index contributed by atoms with van der Waals surface area (Å²) in [5.74, 6) is 0.425. The second-order valence-corrected chi connectivity index (χ2v) is 10.2. The topological polar surface area (TPSA) is 72.3 Å². The SMILES string of the molecule is Cc1ccc(CC(=O)N(C)Cc2c(C)nn([C@@H]3CCS(=O)(=O)C3)c2C)cc1C. The Morgan fingerprint density at radius 3 is 2.54 bits per heavy atom. The second kappa shape index (κ2) is 7.70.